The van der Waals surface area contributed by atoms with Gasteiger partial charge in [-0.1, -0.05) is 54.9 Å². The fourth-order valence-corrected chi connectivity index (χ4v) is 2.28. The summed E-state index contributed by atoms with van der Waals surface area (Å²) in [5, 5.41) is 10.6. The molecule has 3 heteroatoms. The SMILES string of the molecule is CC(Cc1ccc(Cl)cc1F)C(O)c1ccccc1. The Morgan fingerprint density at radius 3 is 2.47 bits per heavy atom. The fourth-order valence-electron chi connectivity index (χ4n) is 2.12. The molecule has 2 unspecified atom stereocenters. The summed E-state index contributed by atoms with van der Waals surface area (Å²) >= 11 is 5.72. The van der Waals surface area contributed by atoms with Crippen LogP contribution in [0.15, 0.2) is 48.5 Å². The Morgan fingerprint density at radius 2 is 1.84 bits per heavy atom. The van der Waals surface area contributed by atoms with Gasteiger partial charge in [-0.05, 0) is 35.6 Å². The van der Waals surface area contributed by atoms with E-state index in [1.54, 1.807) is 12.1 Å². The average molecular weight is 279 g/mol. The lowest BCUT2D eigenvalue weighted by Gasteiger charge is -2.19. The predicted octanol–water partition coefficient (Wildman–Crippen LogP) is 4.39. The Labute approximate surface area is 117 Å². The maximum absolute atomic E-state index is 13.7. The van der Waals surface area contributed by atoms with Crippen molar-refractivity contribution < 1.29 is 9.50 Å². The summed E-state index contributed by atoms with van der Waals surface area (Å²) in [4.78, 5) is 0. The van der Waals surface area contributed by atoms with Crippen molar-refractivity contribution >= 4 is 11.6 Å². The molecule has 0 spiro atoms. The molecule has 2 aromatic carbocycles. The van der Waals surface area contributed by atoms with Crippen LogP contribution < -0.4 is 0 Å². The van der Waals surface area contributed by atoms with Crippen LogP contribution in [0.3, 0.4) is 0 Å². The molecule has 2 rings (SSSR count). The second-order valence-electron chi connectivity index (χ2n) is 4.77. The highest BCUT2D eigenvalue weighted by Gasteiger charge is 2.18. The van der Waals surface area contributed by atoms with Crippen molar-refractivity contribution in [2.75, 3.05) is 0 Å². The Hall–Kier alpha value is -1.38. The lowest BCUT2D eigenvalue weighted by Crippen LogP contribution is -2.12. The van der Waals surface area contributed by atoms with E-state index in [2.05, 4.69) is 0 Å². The Balaban J connectivity index is 2.10. The van der Waals surface area contributed by atoms with Gasteiger partial charge in [-0.25, -0.2) is 4.39 Å². The third kappa shape index (κ3) is 3.55. The van der Waals surface area contributed by atoms with Crippen LogP contribution in [-0.2, 0) is 6.42 Å². The van der Waals surface area contributed by atoms with E-state index in [1.807, 2.05) is 37.3 Å². The van der Waals surface area contributed by atoms with E-state index in [-0.39, 0.29) is 11.7 Å². The molecule has 0 aliphatic carbocycles. The Bertz CT molecular complexity index is 542. The minimum Gasteiger partial charge on any atom is -0.388 e. The van der Waals surface area contributed by atoms with Crippen LogP contribution in [0.25, 0.3) is 0 Å². The Morgan fingerprint density at radius 1 is 1.16 bits per heavy atom. The molecule has 100 valence electrons. The van der Waals surface area contributed by atoms with Crippen LogP contribution in [0.2, 0.25) is 5.02 Å². The molecule has 0 aliphatic rings. The number of aliphatic hydroxyl groups excluding tert-OH is 1. The fraction of sp³-hybridized carbons (Fsp3) is 0.250. The molecule has 0 amide bonds. The van der Waals surface area contributed by atoms with Gasteiger partial charge in [-0.3, -0.25) is 0 Å². The van der Waals surface area contributed by atoms with Crippen LogP contribution in [0.1, 0.15) is 24.2 Å². The first kappa shape index (κ1) is 14.0. The molecule has 0 fully saturated rings. The standard InChI is InChI=1S/C16H16ClFO/c1-11(16(19)12-5-3-2-4-6-12)9-13-7-8-14(17)10-15(13)18/h2-8,10-11,16,19H,9H2,1H3. The largest absolute Gasteiger partial charge is 0.388 e. The van der Waals surface area contributed by atoms with Crippen molar-refractivity contribution in [2.45, 2.75) is 19.4 Å². The first-order valence-electron chi connectivity index (χ1n) is 6.25. The summed E-state index contributed by atoms with van der Waals surface area (Å²) in [7, 11) is 0. The van der Waals surface area contributed by atoms with Crippen LogP contribution in [-0.4, -0.2) is 5.11 Å². The van der Waals surface area contributed by atoms with Crippen molar-refractivity contribution in [1.29, 1.82) is 0 Å². The summed E-state index contributed by atoms with van der Waals surface area (Å²) in [6.45, 7) is 1.91. The zero-order valence-electron chi connectivity index (χ0n) is 10.7. The molecular formula is C16H16ClFO. The third-order valence-electron chi connectivity index (χ3n) is 3.24. The number of benzene rings is 2. The van der Waals surface area contributed by atoms with E-state index < -0.39 is 6.10 Å². The predicted molar refractivity (Wildman–Crippen MR) is 75.7 cm³/mol. The van der Waals surface area contributed by atoms with E-state index in [0.29, 0.717) is 17.0 Å². The molecule has 2 aromatic rings. The van der Waals surface area contributed by atoms with E-state index in [9.17, 15) is 9.50 Å². The summed E-state index contributed by atoms with van der Waals surface area (Å²) in [6, 6.07) is 14.1. The summed E-state index contributed by atoms with van der Waals surface area (Å²) in [6.07, 6.45) is -0.129. The summed E-state index contributed by atoms with van der Waals surface area (Å²) in [5.74, 6) is -0.391. The molecule has 19 heavy (non-hydrogen) atoms. The van der Waals surface area contributed by atoms with Crippen molar-refractivity contribution in [3.63, 3.8) is 0 Å². The number of hydrogen-bond acceptors (Lipinski definition) is 1. The van der Waals surface area contributed by atoms with Gasteiger partial charge >= 0.3 is 0 Å². The Kier molecular flexibility index (Phi) is 4.56. The maximum Gasteiger partial charge on any atom is 0.127 e. The van der Waals surface area contributed by atoms with Gasteiger partial charge in [0.05, 0.1) is 6.10 Å². The lowest BCUT2D eigenvalue weighted by atomic mass is 9.91. The minimum atomic E-state index is -0.601. The highest BCUT2D eigenvalue weighted by Crippen LogP contribution is 2.26. The first-order chi connectivity index (χ1) is 9.08. The lowest BCUT2D eigenvalue weighted by molar-refractivity contribution is 0.117. The second kappa shape index (κ2) is 6.18. The van der Waals surface area contributed by atoms with Gasteiger partial charge in [-0.15, -0.1) is 0 Å². The van der Waals surface area contributed by atoms with E-state index in [0.717, 1.165) is 5.56 Å². The van der Waals surface area contributed by atoms with Crippen LogP contribution in [0.5, 0.6) is 0 Å². The van der Waals surface area contributed by atoms with E-state index in [1.165, 1.54) is 6.07 Å². The number of hydrogen-bond donors (Lipinski definition) is 1. The number of aliphatic hydroxyl groups is 1. The van der Waals surface area contributed by atoms with Gasteiger partial charge in [0, 0.05) is 5.02 Å². The quantitative estimate of drug-likeness (QED) is 0.879. The molecule has 0 heterocycles. The molecule has 0 aromatic heterocycles. The van der Waals surface area contributed by atoms with Gasteiger partial charge in [0.15, 0.2) is 0 Å². The van der Waals surface area contributed by atoms with Gasteiger partial charge in [0.25, 0.3) is 0 Å². The molecule has 2 atom stereocenters. The van der Waals surface area contributed by atoms with Gasteiger partial charge in [0.2, 0.25) is 0 Å². The van der Waals surface area contributed by atoms with E-state index in [4.69, 9.17) is 11.6 Å². The monoisotopic (exact) mass is 278 g/mol. The zero-order valence-corrected chi connectivity index (χ0v) is 11.4. The van der Waals surface area contributed by atoms with Crippen molar-refractivity contribution in [3.05, 3.63) is 70.5 Å². The molecule has 0 saturated heterocycles. The molecular weight excluding hydrogens is 263 g/mol. The van der Waals surface area contributed by atoms with Crippen LogP contribution in [0.4, 0.5) is 4.39 Å². The maximum atomic E-state index is 13.7. The van der Waals surface area contributed by atoms with E-state index >= 15 is 0 Å². The van der Waals surface area contributed by atoms with Crippen molar-refractivity contribution in [1.82, 2.24) is 0 Å². The highest BCUT2D eigenvalue weighted by atomic mass is 35.5. The number of rotatable bonds is 4. The zero-order chi connectivity index (χ0) is 13.8. The second-order valence-corrected chi connectivity index (χ2v) is 5.21. The van der Waals surface area contributed by atoms with Crippen molar-refractivity contribution in [3.8, 4) is 0 Å². The first-order valence-corrected chi connectivity index (χ1v) is 6.62. The van der Waals surface area contributed by atoms with Crippen molar-refractivity contribution in [2.24, 2.45) is 5.92 Å². The average Bonchev–Trinajstić information content (AvgIpc) is 2.42. The molecule has 0 bridgehead atoms. The highest BCUT2D eigenvalue weighted by molar-refractivity contribution is 6.30. The molecule has 0 aliphatic heterocycles. The number of halogens is 2. The smallest absolute Gasteiger partial charge is 0.127 e. The minimum absolute atomic E-state index is 0.0712. The molecule has 1 N–H and O–H groups in total. The third-order valence-corrected chi connectivity index (χ3v) is 3.47. The topological polar surface area (TPSA) is 20.2 Å². The van der Waals surface area contributed by atoms with Crippen LogP contribution in [0, 0.1) is 11.7 Å². The van der Waals surface area contributed by atoms with Gasteiger partial charge in [-0.2, -0.15) is 0 Å². The molecule has 0 radical (unpaired) electrons. The molecule has 1 nitrogen and oxygen atoms in total. The normalized spacial score (nSPS) is 14.1. The van der Waals surface area contributed by atoms with Crippen LogP contribution >= 0.6 is 11.6 Å². The molecule has 0 saturated carbocycles. The summed E-state index contributed by atoms with van der Waals surface area (Å²) in [5.41, 5.74) is 1.43. The van der Waals surface area contributed by atoms with Gasteiger partial charge < -0.3 is 5.11 Å². The summed E-state index contributed by atoms with van der Waals surface area (Å²) < 4.78 is 13.7. The van der Waals surface area contributed by atoms with Gasteiger partial charge in [0.1, 0.15) is 5.82 Å².